The monoisotopic (exact) mass is 390 g/mol. The Morgan fingerprint density at radius 3 is 2.46 bits per heavy atom. The normalized spacial score (nSPS) is 16.9. The molecule has 1 aliphatic rings. The van der Waals surface area contributed by atoms with Crippen LogP contribution in [0.1, 0.15) is 37.5 Å². The van der Waals surface area contributed by atoms with E-state index in [2.05, 4.69) is 80.5 Å². The fraction of sp³-hybridized carbons (Fsp3) is 0.240. The first-order valence-corrected chi connectivity index (χ1v) is 10.2. The number of halogens is 1. The minimum absolute atomic E-state index is 0.755. The van der Waals surface area contributed by atoms with Crippen LogP contribution in [0.3, 0.4) is 0 Å². The third-order valence-electron chi connectivity index (χ3n) is 4.84. The smallest absolute Gasteiger partial charge is 0.0603 e. The van der Waals surface area contributed by atoms with E-state index in [0.717, 1.165) is 51.8 Å². The summed E-state index contributed by atoms with van der Waals surface area (Å²) in [6.07, 6.45) is 6.46. The predicted molar refractivity (Wildman–Crippen MR) is 124 cm³/mol. The van der Waals surface area contributed by atoms with Crippen LogP contribution in [0.4, 0.5) is 5.69 Å². The Hall–Kier alpha value is -2.58. The molecule has 0 amide bonds. The Balaban J connectivity index is 2.21. The Morgan fingerprint density at radius 1 is 1.04 bits per heavy atom. The van der Waals surface area contributed by atoms with Crippen LogP contribution >= 0.6 is 11.6 Å². The predicted octanol–water partition coefficient (Wildman–Crippen LogP) is 6.86. The van der Waals surface area contributed by atoms with Gasteiger partial charge in [0.2, 0.25) is 0 Å². The summed E-state index contributed by atoms with van der Waals surface area (Å²) in [4.78, 5) is 4.57. The van der Waals surface area contributed by atoms with Gasteiger partial charge in [-0.25, -0.2) is 0 Å². The van der Waals surface area contributed by atoms with Crippen molar-refractivity contribution < 1.29 is 0 Å². The van der Waals surface area contributed by atoms with Crippen LogP contribution in [-0.4, -0.2) is 18.8 Å². The Labute approximate surface area is 173 Å². The molecule has 0 heterocycles. The summed E-state index contributed by atoms with van der Waals surface area (Å²) >= 11 is 6.61. The first kappa shape index (κ1) is 20.2. The Bertz CT molecular complexity index is 993. The zero-order valence-corrected chi connectivity index (χ0v) is 17.8. The lowest BCUT2D eigenvalue weighted by Crippen LogP contribution is -2.04. The van der Waals surface area contributed by atoms with Gasteiger partial charge in [0.1, 0.15) is 0 Å². The summed E-state index contributed by atoms with van der Waals surface area (Å²) in [6.45, 7) is 10.1. The highest BCUT2D eigenvalue weighted by Gasteiger charge is 2.16. The van der Waals surface area contributed by atoms with E-state index in [4.69, 9.17) is 11.6 Å². The van der Waals surface area contributed by atoms with Gasteiger partial charge in [0.05, 0.1) is 5.71 Å². The second-order valence-electron chi connectivity index (χ2n) is 6.89. The van der Waals surface area contributed by atoms with Crippen LogP contribution in [0.2, 0.25) is 5.02 Å². The van der Waals surface area contributed by atoms with Crippen LogP contribution in [0.5, 0.6) is 0 Å². The number of rotatable bonds is 5. The van der Waals surface area contributed by atoms with E-state index in [1.807, 2.05) is 18.2 Å². The van der Waals surface area contributed by atoms with Gasteiger partial charge in [-0.1, -0.05) is 41.9 Å². The van der Waals surface area contributed by atoms with Gasteiger partial charge in [-0.3, -0.25) is 4.99 Å². The maximum Gasteiger partial charge on any atom is 0.0603 e. The fourth-order valence-corrected chi connectivity index (χ4v) is 3.74. The number of nitrogens with zero attached hydrogens (tertiary/aromatic N) is 1. The molecule has 1 aliphatic carbocycles. The number of nitrogens with one attached hydrogen (secondary N) is 1. The van der Waals surface area contributed by atoms with E-state index in [0.29, 0.717) is 0 Å². The molecule has 2 nitrogen and oxygen atoms in total. The Morgan fingerprint density at radius 2 is 1.82 bits per heavy atom. The quantitative estimate of drug-likeness (QED) is 0.592. The molecule has 3 heteroatoms. The highest BCUT2D eigenvalue weighted by atomic mass is 35.5. The largest absolute Gasteiger partial charge is 0.385 e. The molecule has 2 aromatic rings. The number of hydrogen-bond acceptors (Lipinski definition) is 2. The van der Waals surface area contributed by atoms with Crippen LogP contribution in [0, 0.1) is 6.92 Å². The molecule has 0 fully saturated rings. The molecule has 0 spiro atoms. The van der Waals surface area contributed by atoms with Crippen LogP contribution < -0.4 is 5.32 Å². The molecule has 0 atom stereocenters. The molecule has 0 radical (unpaired) electrons. The molecular weight excluding hydrogens is 364 g/mol. The summed E-state index contributed by atoms with van der Waals surface area (Å²) in [5.74, 6) is 0. The summed E-state index contributed by atoms with van der Waals surface area (Å²) in [6, 6.07) is 14.6. The van der Waals surface area contributed by atoms with Crippen molar-refractivity contribution in [3.8, 4) is 0 Å². The maximum absolute atomic E-state index is 6.61. The minimum Gasteiger partial charge on any atom is -0.385 e. The zero-order valence-electron chi connectivity index (χ0n) is 17.0. The fourth-order valence-electron chi connectivity index (χ4n) is 3.51. The van der Waals surface area contributed by atoms with Crippen molar-refractivity contribution >= 4 is 28.6 Å². The van der Waals surface area contributed by atoms with Gasteiger partial charge >= 0.3 is 0 Å². The summed E-state index contributed by atoms with van der Waals surface area (Å²) in [5.41, 5.74) is 9.09. The molecule has 0 aromatic heterocycles. The molecule has 1 N–H and O–H groups in total. The van der Waals surface area contributed by atoms with E-state index in [1.54, 1.807) is 0 Å². The highest BCUT2D eigenvalue weighted by molar-refractivity contribution is 6.32. The van der Waals surface area contributed by atoms with Crippen molar-refractivity contribution in [2.75, 3.05) is 18.4 Å². The van der Waals surface area contributed by atoms with E-state index in [9.17, 15) is 0 Å². The van der Waals surface area contributed by atoms with Gasteiger partial charge in [-0.2, -0.15) is 0 Å². The van der Waals surface area contributed by atoms with Gasteiger partial charge < -0.3 is 5.32 Å². The molecule has 0 bridgehead atoms. The minimum atomic E-state index is 0.755. The zero-order chi connectivity index (χ0) is 20.1. The lowest BCUT2D eigenvalue weighted by molar-refractivity contribution is 1.13. The van der Waals surface area contributed by atoms with Gasteiger partial charge in [0, 0.05) is 29.4 Å². The molecule has 0 saturated carbocycles. The summed E-state index contributed by atoms with van der Waals surface area (Å²) in [7, 11) is 0. The third-order valence-corrected chi connectivity index (χ3v) is 5.17. The molecule has 28 heavy (non-hydrogen) atoms. The van der Waals surface area contributed by atoms with Crippen molar-refractivity contribution in [3.63, 3.8) is 0 Å². The van der Waals surface area contributed by atoms with Gasteiger partial charge in [-0.15, -0.1) is 0 Å². The molecule has 144 valence electrons. The lowest BCUT2D eigenvalue weighted by Gasteiger charge is -2.18. The summed E-state index contributed by atoms with van der Waals surface area (Å²) in [5, 5.41) is 4.17. The maximum atomic E-state index is 6.61. The average molecular weight is 391 g/mol. The Kier molecular flexibility index (Phi) is 6.53. The second kappa shape index (κ2) is 9.07. The number of aryl methyl sites for hydroxylation is 1. The van der Waals surface area contributed by atoms with E-state index in [1.165, 1.54) is 11.1 Å². The van der Waals surface area contributed by atoms with E-state index >= 15 is 0 Å². The molecule has 0 unspecified atom stereocenters. The molecule has 2 aromatic carbocycles. The molecular formula is C25H27ClN2. The number of aliphatic imine (C=N–C) groups is 1. The molecule has 0 aliphatic heterocycles. The molecule has 0 saturated heterocycles. The first-order chi connectivity index (χ1) is 13.5. The lowest BCUT2D eigenvalue weighted by atomic mass is 9.88. The van der Waals surface area contributed by atoms with Gasteiger partial charge in [0.15, 0.2) is 0 Å². The standard InChI is InChI=1S/C25H27ClN2/c1-5-27-23-13-11-19(15-17(23)3)25(21-9-7-8-10-22(21)26)20-12-14-24(28-6-2)18(4)16-20/h7-16,27H,5-6H2,1-4H3/b25-20+,28-24?. The number of benzene rings is 2. The summed E-state index contributed by atoms with van der Waals surface area (Å²) < 4.78 is 0. The van der Waals surface area contributed by atoms with Gasteiger partial charge in [0.25, 0.3) is 0 Å². The van der Waals surface area contributed by atoms with Crippen LogP contribution in [0.25, 0.3) is 5.57 Å². The van der Waals surface area contributed by atoms with Crippen molar-refractivity contribution in [2.45, 2.75) is 27.7 Å². The van der Waals surface area contributed by atoms with Gasteiger partial charge in [-0.05, 0) is 85.9 Å². The average Bonchev–Trinajstić information content (AvgIpc) is 2.68. The van der Waals surface area contributed by atoms with E-state index in [-0.39, 0.29) is 0 Å². The molecule has 3 rings (SSSR count). The van der Waals surface area contributed by atoms with Crippen molar-refractivity contribution in [3.05, 3.63) is 93.6 Å². The van der Waals surface area contributed by atoms with Crippen molar-refractivity contribution in [1.82, 2.24) is 0 Å². The van der Waals surface area contributed by atoms with Crippen LogP contribution in [-0.2, 0) is 0 Å². The van der Waals surface area contributed by atoms with E-state index < -0.39 is 0 Å². The number of hydrogen-bond donors (Lipinski definition) is 1. The number of allylic oxidation sites excluding steroid dienone is 5. The SMILES string of the molecule is CCN=C1C=C/C(=C(/c2ccc(NCC)c(C)c2)c2ccccc2Cl)C=C1C. The number of anilines is 1. The topological polar surface area (TPSA) is 24.4 Å². The first-order valence-electron chi connectivity index (χ1n) is 9.80. The third kappa shape index (κ3) is 4.28. The van der Waals surface area contributed by atoms with Crippen molar-refractivity contribution in [1.29, 1.82) is 0 Å². The van der Waals surface area contributed by atoms with Crippen molar-refractivity contribution in [2.24, 2.45) is 4.99 Å². The second-order valence-corrected chi connectivity index (χ2v) is 7.30. The highest BCUT2D eigenvalue weighted by Crippen LogP contribution is 2.35. The van der Waals surface area contributed by atoms with Crippen LogP contribution in [0.15, 0.2) is 76.8 Å².